The molecule has 2 heterocycles. The molecule has 0 saturated carbocycles. The molecule has 1 unspecified atom stereocenters. The molecule has 0 radical (unpaired) electrons. The number of rotatable bonds is 3. The molecule has 2 aromatic rings. The molecule has 5 nitrogen and oxygen atoms in total. The van der Waals surface area contributed by atoms with Crippen molar-refractivity contribution in [3.05, 3.63) is 47.2 Å². The fourth-order valence-corrected chi connectivity index (χ4v) is 3.15. The first-order chi connectivity index (χ1) is 11.5. The third kappa shape index (κ3) is 3.72. The Balaban J connectivity index is 1.69. The van der Waals surface area contributed by atoms with E-state index < -0.39 is 0 Å². The number of aromatic nitrogens is 2. The van der Waals surface area contributed by atoms with Gasteiger partial charge in [0.1, 0.15) is 0 Å². The average molecular weight is 324 g/mol. The fraction of sp³-hybridized carbons (Fsp3) is 0.421. The highest BCUT2D eigenvalue weighted by atomic mass is 16.1. The number of piperidine rings is 1. The largest absolute Gasteiger partial charge is 0.355 e. The van der Waals surface area contributed by atoms with E-state index in [2.05, 4.69) is 27.3 Å². The molecule has 126 valence electrons. The van der Waals surface area contributed by atoms with Crippen LogP contribution in [0.2, 0.25) is 0 Å². The summed E-state index contributed by atoms with van der Waals surface area (Å²) >= 11 is 0. The van der Waals surface area contributed by atoms with Gasteiger partial charge in [-0.1, -0.05) is 24.6 Å². The number of amides is 1. The lowest BCUT2D eigenvalue weighted by Gasteiger charge is -2.31. The van der Waals surface area contributed by atoms with E-state index in [1.807, 2.05) is 38.1 Å². The Morgan fingerprint density at radius 2 is 2.04 bits per heavy atom. The first-order valence-electron chi connectivity index (χ1n) is 8.50. The zero-order valence-electron chi connectivity index (χ0n) is 14.5. The lowest BCUT2D eigenvalue weighted by atomic mass is 10.0. The minimum Gasteiger partial charge on any atom is -0.355 e. The number of benzene rings is 1. The van der Waals surface area contributed by atoms with Crippen molar-refractivity contribution in [2.24, 2.45) is 5.92 Å². The van der Waals surface area contributed by atoms with E-state index in [4.69, 9.17) is 0 Å². The average Bonchev–Trinajstić information content (AvgIpc) is 2.57. The van der Waals surface area contributed by atoms with E-state index in [1.54, 1.807) is 6.07 Å². The standard InChI is InChI=1S/C19H24N4O/c1-13-6-7-16(15(3)11-13)20-19(24)17-8-9-18(22-21-17)23-10-4-5-14(2)12-23/h6-9,11,14H,4-5,10,12H2,1-3H3,(H,20,24). The molecule has 0 bridgehead atoms. The summed E-state index contributed by atoms with van der Waals surface area (Å²) in [4.78, 5) is 14.6. The Kier molecular flexibility index (Phi) is 4.79. The third-order valence-electron chi connectivity index (χ3n) is 4.49. The van der Waals surface area contributed by atoms with Crippen molar-refractivity contribution >= 4 is 17.4 Å². The molecule has 5 heteroatoms. The van der Waals surface area contributed by atoms with Crippen LogP contribution in [0.15, 0.2) is 30.3 Å². The Hall–Kier alpha value is -2.43. The van der Waals surface area contributed by atoms with Crippen molar-refractivity contribution in [1.29, 1.82) is 0 Å². The van der Waals surface area contributed by atoms with Gasteiger partial charge in [0.25, 0.3) is 5.91 Å². The second kappa shape index (κ2) is 6.99. The first-order valence-corrected chi connectivity index (χ1v) is 8.50. The zero-order chi connectivity index (χ0) is 17.1. The highest BCUT2D eigenvalue weighted by Gasteiger charge is 2.18. The minimum absolute atomic E-state index is 0.229. The Labute approximate surface area is 143 Å². The van der Waals surface area contributed by atoms with Gasteiger partial charge in [0, 0.05) is 18.8 Å². The van der Waals surface area contributed by atoms with Crippen LogP contribution < -0.4 is 10.2 Å². The van der Waals surface area contributed by atoms with Crippen molar-refractivity contribution < 1.29 is 4.79 Å². The van der Waals surface area contributed by atoms with E-state index in [-0.39, 0.29) is 5.91 Å². The molecule has 1 fully saturated rings. The summed E-state index contributed by atoms with van der Waals surface area (Å²) in [5, 5.41) is 11.3. The van der Waals surface area contributed by atoms with Gasteiger partial charge < -0.3 is 10.2 Å². The topological polar surface area (TPSA) is 58.1 Å². The first kappa shape index (κ1) is 16.4. The number of carbonyl (C=O) groups is 1. The van der Waals surface area contributed by atoms with Gasteiger partial charge in [-0.3, -0.25) is 4.79 Å². The summed E-state index contributed by atoms with van der Waals surface area (Å²) < 4.78 is 0. The van der Waals surface area contributed by atoms with Crippen LogP contribution in [0.4, 0.5) is 11.5 Å². The lowest BCUT2D eigenvalue weighted by Crippen LogP contribution is -2.35. The van der Waals surface area contributed by atoms with Crippen LogP contribution in [0.3, 0.4) is 0 Å². The predicted octanol–water partition coefficient (Wildman–Crippen LogP) is 3.58. The SMILES string of the molecule is Cc1ccc(NC(=O)c2ccc(N3CCCC(C)C3)nn2)c(C)c1. The quantitative estimate of drug-likeness (QED) is 0.937. The number of nitrogens with zero attached hydrogens (tertiary/aromatic N) is 3. The lowest BCUT2D eigenvalue weighted by molar-refractivity contribution is 0.102. The van der Waals surface area contributed by atoms with Crippen molar-refractivity contribution in [1.82, 2.24) is 10.2 Å². The summed E-state index contributed by atoms with van der Waals surface area (Å²) in [7, 11) is 0. The molecule has 0 aliphatic carbocycles. The molecule has 24 heavy (non-hydrogen) atoms. The van der Waals surface area contributed by atoms with Crippen molar-refractivity contribution in [2.75, 3.05) is 23.3 Å². The van der Waals surface area contributed by atoms with Gasteiger partial charge >= 0.3 is 0 Å². The summed E-state index contributed by atoms with van der Waals surface area (Å²) in [6.07, 6.45) is 2.44. The molecule has 1 aromatic carbocycles. The molecule has 0 spiro atoms. The number of aryl methyl sites for hydroxylation is 2. The maximum Gasteiger partial charge on any atom is 0.276 e. The minimum atomic E-state index is -0.229. The van der Waals surface area contributed by atoms with Gasteiger partial charge in [0.15, 0.2) is 11.5 Å². The van der Waals surface area contributed by atoms with Crippen LogP contribution in [0.1, 0.15) is 41.4 Å². The van der Waals surface area contributed by atoms with Gasteiger partial charge in [-0.15, -0.1) is 10.2 Å². The summed E-state index contributed by atoms with van der Waals surface area (Å²) in [5.74, 6) is 1.30. The van der Waals surface area contributed by atoms with Crippen molar-refractivity contribution in [3.63, 3.8) is 0 Å². The van der Waals surface area contributed by atoms with Crippen molar-refractivity contribution in [3.8, 4) is 0 Å². The van der Waals surface area contributed by atoms with E-state index >= 15 is 0 Å². The van der Waals surface area contributed by atoms with Gasteiger partial charge in [-0.25, -0.2) is 0 Å². The van der Waals surface area contributed by atoms with Gasteiger partial charge in [0.05, 0.1) is 0 Å². The van der Waals surface area contributed by atoms with Crippen LogP contribution in [-0.4, -0.2) is 29.2 Å². The molecular formula is C19H24N4O. The van der Waals surface area contributed by atoms with E-state index in [0.717, 1.165) is 30.2 Å². The molecule has 1 saturated heterocycles. The molecular weight excluding hydrogens is 300 g/mol. The number of hydrogen-bond acceptors (Lipinski definition) is 4. The van der Waals surface area contributed by atoms with Gasteiger partial charge in [-0.2, -0.15) is 0 Å². The van der Waals surface area contributed by atoms with Crippen molar-refractivity contribution in [2.45, 2.75) is 33.6 Å². The predicted molar refractivity (Wildman–Crippen MR) is 96.5 cm³/mol. The van der Waals surface area contributed by atoms with Crippen LogP contribution >= 0.6 is 0 Å². The Morgan fingerprint density at radius 3 is 2.71 bits per heavy atom. The number of hydrogen-bond donors (Lipinski definition) is 1. The second-order valence-electron chi connectivity index (χ2n) is 6.74. The molecule has 1 aliphatic heterocycles. The van der Waals surface area contributed by atoms with Crippen LogP contribution in [0.25, 0.3) is 0 Å². The fourth-order valence-electron chi connectivity index (χ4n) is 3.15. The van der Waals surface area contributed by atoms with E-state index in [9.17, 15) is 4.79 Å². The van der Waals surface area contributed by atoms with Gasteiger partial charge in [0.2, 0.25) is 0 Å². The van der Waals surface area contributed by atoms with E-state index in [1.165, 1.54) is 18.4 Å². The zero-order valence-corrected chi connectivity index (χ0v) is 14.5. The highest BCUT2D eigenvalue weighted by molar-refractivity contribution is 6.03. The van der Waals surface area contributed by atoms with Crippen LogP contribution in [0, 0.1) is 19.8 Å². The Bertz CT molecular complexity index is 727. The smallest absolute Gasteiger partial charge is 0.276 e. The second-order valence-corrected chi connectivity index (χ2v) is 6.74. The monoisotopic (exact) mass is 324 g/mol. The van der Waals surface area contributed by atoms with Crippen LogP contribution in [0.5, 0.6) is 0 Å². The summed E-state index contributed by atoms with van der Waals surface area (Å²) in [6, 6.07) is 9.58. The summed E-state index contributed by atoms with van der Waals surface area (Å²) in [6.45, 7) is 8.28. The van der Waals surface area contributed by atoms with Crippen LogP contribution in [-0.2, 0) is 0 Å². The van der Waals surface area contributed by atoms with Gasteiger partial charge in [-0.05, 0) is 56.4 Å². The number of carbonyl (C=O) groups excluding carboxylic acids is 1. The number of nitrogens with one attached hydrogen (secondary N) is 1. The molecule has 1 amide bonds. The summed E-state index contributed by atoms with van der Waals surface area (Å²) in [5.41, 5.74) is 3.35. The molecule has 1 aliphatic rings. The Morgan fingerprint density at radius 1 is 1.21 bits per heavy atom. The highest BCUT2D eigenvalue weighted by Crippen LogP contribution is 2.21. The normalized spacial score (nSPS) is 17.6. The van der Waals surface area contributed by atoms with E-state index in [0.29, 0.717) is 11.6 Å². The molecule has 1 atom stereocenters. The molecule has 1 N–H and O–H groups in total. The molecule has 1 aromatic heterocycles. The number of anilines is 2. The maximum absolute atomic E-state index is 12.4. The third-order valence-corrected chi connectivity index (χ3v) is 4.49. The molecule has 3 rings (SSSR count). The maximum atomic E-state index is 12.4.